The van der Waals surface area contributed by atoms with Crippen molar-refractivity contribution in [3.63, 3.8) is 0 Å². The maximum Gasteiger partial charge on any atom is 0.333 e. The first kappa shape index (κ1) is 23.6. The lowest BCUT2D eigenvalue weighted by molar-refractivity contribution is -0.142. The predicted molar refractivity (Wildman–Crippen MR) is 141 cm³/mol. The Morgan fingerprint density at radius 1 is 1.08 bits per heavy atom. The number of carbonyl (C=O) groups excluding carboxylic acids is 1. The van der Waals surface area contributed by atoms with E-state index < -0.39 is 12.0 Å². The quantitative estimate of drug-likeness (QED) is 0.200. The Bertz CT molecular complexity index is 1530. The summed E-state index contributed by atoms with van der Waals surface area (Å²) in [6.45, 7) is 0. The standard InChI is InChI=1S/C26H19FN4O3S2/c1-33-25(32)23(16-5-3-2-4-6-16)30-24(35)21-14-20(31-34-21)15-7-10-18(11-8-15)28-26-29-19-12-9-17(27)13-22(19)36-26/h2-14,23H,1H3,(H,28,29)(H,30,35)/t23-/m0/s1. The lowest BCUT2D eigenvalue weighted by Gasteiger charge is -2.17. The molecule has 0 bridgehead atoms. The van der Waals surface area contributed by atoms with Gasteiger partial charge in [0.1, 0.15) is 16.5 Å². The summed E-state index contributed by atoms with van der Waals surface area (Å²) in [6.07, 6.45) is 0. The molecular formula is C26H19FN4O3S2. The van der Waals surface area contributed by atoms with Gasteiger partial charge in [-0.3, -0.25) is 0 Å². The van der Waals surface area contributed by atoms with Crippen LogP contribution in [0.15, 0.2) is 83.4 Å². The van der Waals surface area contributed by atoms with Crippen molar-refractivity contribution < 1.29 is 18.4 Å². The number of nitrogens with zero attached hydrogens (tertiary/aromatic N) is 2. The summed E-state index contributed by atoms with van der Waals surface area (Å²) in [7, 11) is 1.32. The molecule has 0 spiro atoms. The Morgan fingerprint density at radius 2 is 1.86 bits per heavy atom. The molecule has 5 aromatic rings. The summed E-state index contributed by atoms with van der Waals surface area (Å²) in [6, 6.07) is 22.1. The van der Waals surface area contributed by atoms with Gasteiger partial charge in [0.05, 0.1) is 17.3 Å². The summed E-state index contributed by atoms with van der Waals surface area (Å²) < 4.78 is 24.6. The van der Waals surface area contributed by atoms with Gasteiger partial charge in [0, 0.05) is 17.3 Å². The highest BCUT2D eigenvalue weighted by atomic mass is 32.1. The van der Waals surface area contributed by atoms with Crippen molar-refractivity contribution in [3.05, 3.63) is 96.0 Å². The minimum Gasteiger partial charge on any atom is -0.467 e. The number of fused-ring (bicyclic) bond motifs is 1. The molecule has 1 atom stereocenters. The van der Waals surface area contributed by atoms with E-state index >= 15 is 0 Å². The number of thiazole rings is 1. The fourth-order valence-electron chi connectivity index (χ4n) is 3.56. The third-order valence-electron chi connectivity index (χ3n) is 5.36. The molecule has 0 aliphatic rings. The Balaban J connectivity index is 1.28. The van der Waals surface area contributed by atoms with Crippen LogP contribution in [-0.4, -0.2) is 28.2 Å². The topological polar surface area (TPSA) is 89.3 Å². The number of esters is 1. The van der Waals surface area contributed by atoms with E-state index in [9.17, 15) is 9.18 Å². The van der Waals surface area contributed by atoms with E-state index in [1.165, 1.54) is 30.6 Å². The van der Waals surface area contributed by atoms with E-state index in [0.717, 1.165) is 21.5 Å². The average molecular weight is 519 g/mol. The van der Waals surface area contributed by atoms with Gasteiger partial charge in [-0.05, 0) is 35.9 Å². The van der Waals surface area contributed by atoms with Crippen LogP contribution in [0, 0.1) is 5.82 Å². The van der Waals surface area contributed by atoms with Crippen molar-refractivity contribution in [1.29, 1.82) is 0 Å². The molecule has 10 heteroatoms. The molecule has 0 amide bonds. The van der Waals surface area contributed by atoms with Crippen molar-refractivity contribution in [3.8, 4) is 11.3 Å². The smallest absolute Gasteiger partial charge is 0.333 e. The molecule has 0 radical (unpaired) electrons. The van der Waals surface area contributed by atoms with Crippen LogP contribution in [-0.2, 0) is 9.53 Å². The van der Waals surface area contributed by atoms with Crippen LogP contribution in [0.4, 0.5) is 15.2 Å². The summed E-state index contributed by atoms with van der Waals surface area (Å²) in [5.74, 6) is -0.428. The molecule has 0 aliphatic carbocycles. The molecule has 2 N–H and O–H groups in total. The number of benzene rings is 3. The van der Waals surface area contributed by atoms with E-state index in [1.54, 1.807) is 12.1 Å². The number of anilines is 2. The first-order valence-corrected chi connectivity index (χ1v) is 12.1. The van der Waals surface area contributed by atoms with Crippen molar-refractivity contribution in [2.24, 2.45) is 0 Å². The predicted octanol–water partition coefficient (Wildman–Crippen LogP) is 6.01. The Labute approximate surface area is 214 Å². The average Bonchev–Trinajstić information content (AvgIpc) is 3.55. The number of rotatable bonds is 7. The Hall–Kier alpha value is -4.15. The summed E-state index contributed by atoms with van der Waals surface area (Å²) in [5.41, 5.74) is 3.68. The third-order valence-corrected chi connectivity index (χ3v) is 6.61. The molecule has 5 rings (SSSR count). The molecule has 0 fully saturated rings. The van der Waals surface area contributed by atoms with Crippen LogP contribution < -0.4 is 10.6 Å². The molecule has 180 valence electrons. The van der Waals surface area contributed by atoms with Gasteiger partial charge in [0.25, 0.3) is 0 Å². The van der Waals surface area contributed by atoms with E-state index in [4.69, 9.17) is 21.5 Å². The zero-order chi connectivity index (χ0) is 25.1. The fourth-order valence-corrected chi connectivity index (χ4v) is 4.69. The molecular weight excluding hydrogens is 499 g/mol. The molecule has 0 unspecified atom stereocenters. The van der Waals surface area contributed by atoms with Gasteiger partial charge < -0.3 is 19.9 Å². The van der Waals surface area contributed by atoms with Gasteiger partial charge in [-0.1, -0.05) is 71.2 Å². The highest BCUT2D eigenvalue weighted by Gasteiger charge is 2.24. The monoisotopic (exact) mass is 518 g/mol. The van der Waals surface area contributed by atoms with Crippen LogP contribution >= 0.6 is 23.6 Å². The minimum absolute atomic E-state index is 0.235. The van der Waals surface area contributed by atoms with Crippen molar-refractivity contribution in [2.45, 2.75) is 6.04 Å². The third kappa shape index (κ3) is 5.09. The number of carbonyl (C=O) groups is 1. The lowest BCUT2D eigenvalue weighted by Crippen LogP contribution is -2.33. The van der Waals surface area contributed by atoms with Gasteiger partial charge in [-0.25, -0.2) is 14.2 Å². The fraction of sp³-hybridized carbons (Fsp3) is 0.0769. The Kier molecular flexibility index (Phi) is 6.70. The molecule has 7 nitrogen and oxygen atoms in total. The van der Waals surface area contributed by atoms with E-state index in [-0.39, 0.29) is 10.8 Å². The van der Waals surface area contributed by atoms with Gasteiger partial charge in [-0.2, -0.15) is 0 Å². The molecule has 0 saturated heterocycles. The van der Waals surface area contributed by atoms with E-state index in [2.05, 4.69) is 20.8 Å². The van der Waals surface area contributed by atoms with Crippen LogP contribution in [0.3, 0.4) is 0 Å². The van der Waals surface area contributed by atoms with E-state index in [1.807, 2.05) is 54.6 Å². The van der Waals surface area contributed by atoms with Gasteiger partial charge >= 0.3 is 5.97 Å². The maximum absolute atomic E-state index is 13.4. The van der Waals surface area contributed by atoms with Crippen molar-refractivity contribution >= 4 is 55.5 Å². The number of nitrogens with one attached hydrogen (secondary N) is 2. The number of hydrogen-bond donors (Lipinski definition) is 2. The number of halogens is 1. The largest absolute Gasteiger partial charge is 0.467 e. The first-order valence-electron chi connectivity index (χ1n) is 10.8. The molecule has 36 heavy (non-hydrogen) atoms. The summed E-state index contributed by atoms with van der Waals surface area (Å²) >= 11 is 6.84. The van der Waals surface area contributed by atoms with Crippen molar-refractivity contribution in [2.75, 3.05) is 12.4 Å². The zero-order valence-corrected chi connectivity index (χ0v) is 20.5. The molecule has 0 saturated carbocycles. The van der Waals surface area contributed by atoms with Gasteiger partial charge in [0.2, 0.25) is 0 Å². The maximum atomic E-state index is 13.4. The first-order chi connectivity index (χ1) is 17.5. The highest BCUT2D eigenvalue weighted by Crippen LogP contribution is 2.30. The summed E-state index contributed by atoms with van der Waals surface area (Å²) in [5, 5.41) is 11.0. The SMILES string of the molecule is COC(=O)[C@@H](NC(=S)c1cc(-c2ccc(Nc3nc4ccc(F)cc4s3)cc2)no1)c1ccccc1. The van der Waals surface area contributed by atoms with Gasteiger partial charge in [0.15, 0.2) is 16.9 Å². The number of methoxy groups -OCH3 is 1. The molecule has 3 aromatic carbocycles. The van der Waals surface area contributed by atoms with Crippen molar-refractivity contribution in [1.82, 2.24) is 15.5 Å². The van der Waals surface area contributed by atoms with E-state index in [0.29, 0.717) is 22.1 Å². The van der Waals surface area contributed by atoms with Crippen LogP contribution in [0.25, 0.3) is 21.5 Å². The second-order valence-electron chi connectivity index (χ2n) is 7.75. The minimum atomic E-state index is -0.776. The molecule has 2 aromatic heterocycles. The Morgan fingerprint density at radius 3 is 2.61 bits per heavy atom. The molecule has 0 aliphatic heterocycles. The highest BCUT2D eigenvalue weighted by molar-refractivity contribution is 7.80. The number of hydrogen-bond acceptors (Lipinski definition) is 8. The lowest BCUT2D eigenvalue weighted by atomic mass is 10.1. The molecule has 2 heterocycles. The van der Waals surface area contributed by atoms with Crippen LogP contribution in [0.1, 0.15) is 17.4 Å². The van der Waals surface area contributed by atoms with Crippen LogP contribution in [0.5, 0.6) is 0 Å². The van der Waals surface area contributed by atoms with Gasteiger partial charge in [-0.15, -0.1) is 0 Å². The number of aromatic nitrogens is 2. The summed E-state index contributed by atoms with van der Waals surface area (Å²) in [4.78, 5) is 17.0. The number of ether oxygens (including phenoxy) is 1. The van der Waals surface area contributed by atoms with Crippen LogP contribution in [0.2, 0.25) is 0 Å². The zero-order valence-electron chi connectivity index (χ0n) is 18.9. The normalized spacial score (nSPS) is 11.7. The second-order valence-corrected chi connectivity index (χ2v) is 9.19. The number of thiocarbonyl (C=S) groups is 1. The second kappa shape index (κ2) is 10.2.